The Morgan fingerprint density at radius 2 is 2.47 bits per heavy atom. The van der Waals surface area contributed by atoms with Gasteiger partial charge in [-0.3, -0.25) is 4.79 Å². The molecule has 5 nitrogen and oxygen atoms in total. The summed E-state index contributed by atoms with van der Waals surface area (Å²) in [6.45, 7) is 1.20. The Balaban J connectivity index is 2.38. The zero-order chi connectivity index (χ0) is 10.7. The molecule has 1 aliphatic heterocycles. The molecule has 2 rings (SSSR count). The lowest BCUT2D eigenvalue weighted by Gasteiger charge is -2.14. The summed E-state index contributed by atoms with van der Waals surface area (Å²) in [5.74, 6) is 0.212. The Morgan fingerprint density at radius 3 is 3.27 bits per heavy atom. The number of hydrogen-bond acceptors (Lipinski definition) is 5. The third kappa shape index (κ3) is 2.20. The molecule has 0 aliphatic carbocycles. The van der Waals surface area contributed by atoms with Gasteiger partial charge in [0.05, 0.1) is 6.61 Å². The van der Waals surface area contributed by atoms with Crippen molar-refractivity contribution in [3.8, 4) is 5.88 Å². The Labute approximate surface area is 91.6 Å². The molecule has 6 heteroatoms. The number of rotatable bonds is 1. The van der Waals surface area contributed by atoms with E-state index in [0.717, 1.165) is 6.42 Å². The second-order valence-electron chi connectivity index (χ2n) is 3.03. The van der Waals surface area contributed by atoms with Crippen molar-refractivity contribution in [3.63, 3.8) is 0 Å². The fourth-order valence-corrected chi connectivity index (χ4v) is 1.59. The minimum atomic E-state index is -0.169. The number of amides is 1. The highest BCUT2D eigenvalue weighted by Crippen LogP contribution is 2.19. The van der Waals surface area contributed by atoms with Crippen molar-refractivity contribution in [1.29, 1.82) is 0 Å². The molecule has 15 heavy (non-hydrogen) atoms. The smallest absolute Gasteiger partial charge is 0.258 e. The molecule has 0 bridgehead atoms. The van der Waals surface area contributed by atoms with E-state index in [2.05, 4.69) is 15.3 Å². The Bertz CT molecular complexity index is 384. The minimum absolute atomic E-state index is 0.169. The minimum Gasteiger partial charge on any atom is -0.477 e. The highest BCUT2D eigenvalue weighted by molar-refractivity contribution is 7.98. The van der Waals surface area contributed by atoms with E-state index >= 15 is 0 Å². The van der Waals surface area contributed by atoms with Gasteiger partial charge in [-0.05, 0) is 12.7 Å². The van der Waals surface area contributed by atoms with E-state index in [1.165, 1.54) is 18.0 Å². The normalized spacial score (nSPS) is 15.7. The molecule has 0 unspecified atom stereocenters. The summed E-state index contributed by atoms with van der Waals surface area (Å²) in [6.07, 6.45) is 4.18. The molecule has 0 saturated carbocycles. The predicted octanol–water partition coefficient (Wildman–Crippen LogP) is 0.711. The second-order valence-corrected chi connectivity index (χ2v) is 3.81. The van der Waals surface area contributed by atoms with Crippen molar-refractivity contribution in [3.05, 3.63) is 11.8 Å². The van der Waals surface area contributed by atoms with Gasteiger partial charge >= 0.3 is 0 Å². The zero-order valence-electron chi connectivity index (χ0n) is 8.32. The molecule has 1 N–H and O–H groups in total. The standard InChI is InChI=1S/C9H11N3O2S/c1-15-9-11-5-6-7(13)10-3-2-4-14-8(6)12-9/h5H,2-4H2,1H3,(H,10,13). The van der Waals surface area contributed by atoms with Gasteiger partial charge in [-0.1, -0.05) is 11.8 Å². The fraction of sp³-hybridized carbons (Fsp3) is 0.444. The van der Waals surface area contributed by atoms with Crippen molar-refractivity contribution in [1.82, 2.24) is 15.3 Å². The van der Waals surface area contributed by atoms with Crippen molar-refractivity contribution in [2.24, 2.45) is 0 Å². The molecule has 1 amide bonds. The van der Waals surface area contributed by atoms with E-state index in [0.29, 0.717) is 29.8 Å². The van der Waals surface area contributed by atoms with Gasteiger partial charge in [0.15, 0.2) is 5.16 Å². The molecule has 0 atom stereocenters. The summed E-state index contributed by atoms with van der Waals surface area (Å²) in [4.78, 5) is 19.8. The number of carbonyl (C=O) groups is 1. The fourth-order valence-electron chi connectivity index (χ4n) is 1.25. The van der Waals surface area contributed by atoms with Gasteiger partial charge in [0.2, 0.25) is 5.88 Å². The SMILES string of the molecule is CSc1ncc2c(n1)OCCCNC2=O. The number of thioether (sulfide) groups is 1. The van der Waals surface area contributed by atoms with E-state index in [-0.39, 0.29) is 5.91 Å². The maximum atomic E-state index is 11.6. The van der Waals surface area contributed by atoms with E-state index < -0.39 is 0 Å². The second kappa shape index (κ2) is 4.48. The van der Waals surface area contributed by atoms with Crippen LogP contribution >= 0.6 is 11.8 Å². The van der Waals surface area contributed by atoms with Crippen LogP contribution in [-0.4, -0.2) is 35.3 Å². The monoisotopic (exact) mass is 225 g/mol. The first-order chi connectivity index (χ1) is 7.31. The number of fused-ring (bicyclic) bond motifs is 1. The first-order valence-corrected chi connectivity index (χ1v) is 5.86. The van der Waals surface area contributed by atoms with Crippen molar-refractivity contribution in [2.75, 3.05) is 19.4 Å². The van der Waals surface area contributed by atoms with Crippen LogP contribution in [0.15, 0.2) is 11.4 Å². The van der Waals surface area contributed by atoms with Crippen molar-refractivity contribution < 1.29 is 9.53 Å². The number of hydrogen-bond donors (Lipinski definition) is 1. The maximum absolute atomic E-state index is 11.6. The third-order valence-electron chi connectivity index (χ3n) is 2.00. The molecule has 2 heterocycles. The lowest BCUT2D eigenvalue weighted by Crippen LogP contribution is -2.29. The van der Waals surface area contributed by atoms with Crippen LogP contribution in [0.25, 0.3) is 0 Å². The van der Waals surface area contributed by atoms with E-state index in [4.69, 9.17) is 4.74 Å². The van der Waals surface area contributed by atoms with Gasteiger partial charge in [0, 0.05) is 12.7 Å². The quantitative estimate of drug-likeness (QED) is 0.563. The van der Waals surface area contributed by atoms with Crippen LogP contribution < -0.4 is 10.1 Å². The number of aromatic nitrogens is 2. The molecule has 0 saturated heterocycles. The van der Waals surface area contributed by atoms with Gasteiger partial charge in [0.1, 0.15) is 5.56 Å². The first-order valence-electron chi connectivity index (χ1n) is 4.63. The molecular formula is C9H11N3O2S. The van der Waals surface area contributed by atoms with Crippen LogP contribution in [0.3, 0.4) is 0 Å². The van der Waals surface area contributed by atoms with Gasteiger partial charge in [-0.25, -0.2) is 4.98 Å². The largest absolute Gasteiger partial charge is 0.477 e. The summed E-state index contributed by atoms with van der Waals surface area (Å²) in [7, 11) is 0. The number of nitrogens with zero attached hydrogens (tertiary/aromatic N) is 2. The van der Waals surface area contributed by atoms with Crippen LogP contribution in [0, 0.1) is 0 Å². The number of nitrogens with one attached hydrogen (secondary N) is 1. The summed E-state index contributed by atoms with van der Waals surface area (Å²) < 4.78 is 5.42. The van der Waals surface area contributed by atoms with E-state index in [9.17, 15) is 4.79 Å². The maximum Gasteiger partial charge on any atom is 0.258 e. The average Bonchev–Trinajstić information content (AvgIpc) is 2.25. The third-order valence-corrected chi connectivity index (χ3v) is 2.57. The molecule has 1 aromatic rings. The topological polar surface area (TPSA) is 64.1 Å². The Kier molecular flexibility index (Phi) is 3.05. The van der Waals surface area contributed by atoms with E-state index in [1.807, 2.05) is 6.26 Å². The van der Waals surface area contributed by atoms with E-state index in [1.54, 1.807) is 0 Å². The van der Waals surface area contributed by atoms with Gasteiger partial charge in [0.25, 0.3) is 5.91 Å². The highest BCUT2D eigenvalue weighted by Gasteiger charge is 2.17. The Morgan fingerprint density at radius 1 is 1.60 bits per heavy atom. The van der Waals surface area contributed by atoms with Gasteiger partial charge in [-0.2, -0.15) is 4.98 Å². The zero-order valence-corrected chi connectivity index (χ0v) is 9.13. The number of ether oxygens (including phenoxy) is 1. The van der Waals surface area contributed by atoms with Gasteiger partial charge < -0.3 is 10.1 Å². The highest BCUT2D eigenvalue weighted by atomic mass is 32.2. The molecule has 1 aromatic heterocycles. The molecule has 80 valence electrons. The van der Waals surface area contributed by atoms with Crippen molar-refractivity contribution in [2.45, 2.75) is 11.6 Å². The summed E-state index contributed by atoms with van der Waals surface area (Å²) in [5.41, 5.74) is 0.410. The summed E-state index contributed by atoms with van der Waals surface area (Å²) >= 11 is 1.42. The first kappa shape index (κ1) is 10.2. The number of carbonyl (C=O) groups excluding carboxylic acids is 1. The van der Waals surface area contributed by atoms with Crippen LogP contribution in [-0.2, 0) is 0 Å². The lowest BCUT2D eigenvalue weighted by molar-refractivity contribution is 0.0937. The average molecular weight is 225 g/mol. The van der Waals surface area contributed by atoms with Crippen molar-refractivity contribution >= 4 is 17.7 Å². The Hall–Kier alpha value is -1.30. The molecular weight excluding hydrogens is 214 g/mol. The van der Waals surface area contributed by atoms with Crippen LogP contribution in [0.2, 0.25) is 0 Å². The summed E-state index contributed by atoms with van der Waals surface area (Å²) in [6, 6.07) is 0. The summed E-state index contributed by atoms with van der Waals surface area (Å²) in [5, 5.41) is 3.39. The van der Waals surface area contributed by atoms with Crippen LogP contribution in [0.1, 0.15) is 16.8 Å². The van der Waals surface area contributed by atoms with Gasteiger partial charge in [-0.15, -0.1) is 0 Å². The van der Waals surface area contributed by atoms with Crippen LogP contribution in [0.4, 0.5) is 0 Å². The molecule has 0 radical (unpaired) electrons. The molecule has 0 aromatic carbocycles. The lowest BCUT2D eigenvalue weighted by atomic mass is 10.3. The molecule has 0 spiro atoms. The molecule has 0 fully saturated rings. The predicted molar refractivity (Wildman–Crippen MR) is 56.3 cm³/mol. The molecule has 1 aliphatic rings. The van der Waals surface area contributed by atoms with Crippen LogP contribution in [0.5, 0.6) is 5.88 Å².